The molecule has 2 aromatic carbocycles. The first-order valence-corrected chi connectivity index (χ1v) is 14.5. The van der Waals surface area contributed by atoms with Crippen molar-refractivity contribution >= 4 is 45.3 Å². The second-order valence-corrected chi connectivity index (χ2v) is 10.7. The van der Waals surface area contributed by atoms with Gasteiger partial charge in [-0.15, -0.1) is 0 Å². The molecule has 2 heterocycles. The topological polar surface area (TPSA) is 105 Å². The Balaban J connectivity index is 1.88. The van der Waals surface area contributed by atoms with E-state index in [4.69, 9.17) is 18.9 Å². The molecule has 0 amide bonds. The number of hydrogen-bond acceptors (Lipinski definition) is 9. The molecule has 4 rings (SSSR count). The summed E-state index contributed by atoms with van der Waals surface area (Å²) in [5.74, 6) is 0.223. The van der Waals surface area contributed by atoms with Gasteiger partial charge in [0.15, 0.2) is 16.3 Å². The predicted octanol–water partition coefficient (Wildman–Crippen LogP) is 4.45. The van der Waals surface area contributed by atoms with Crippen molar-refractivity contribution in [2.45, 2.75) is 33.7 Å². The summed E-state index contributed by atoms with van der Waals surface area (Å²) in [6, 6.07) is 9.87. The molecule has 0 aliphatic carbocycles. The zero-order valence-electron chi connectivity index (χ0n) is 23.1. The Morgan fingerprint density at radius 3 is 2.51 bits per heavy atom. The van der Waals surface area contributed by atoms with E-state index >= 15 is 0 Å². The fourth-order valence-electron chi connectivity index (χ4n) is 4.34. The Morgan fingerprint density at radius 2 is 1.88 bits per heavy atom. The van der Waals surface area contributed by atoms with Crippen molar-refractivity contribution in [3.05, 3.63) is 95.6 Å². The molecule has 1 aromatic heterocycles. The molecule has 3 aromatic rings. The molecule has 1 aliphatic rings. The Labute approximate surface area is 249 Å². The summed E-state index contributed by atoms with van der Waals surface area (Å²) in [7, 11) is 0. The second kappa shape index (κ2) is 13.1. The van der Waals surface area contributed by atoms with Gasteiger partial charge in [0, 0.05) is 6.92 Å². The van der Waals surface area contributed by atoms with Crippen LogP contribution in [0.25, 0.3) is 6.08 Å². The SMILES string of the molecule is C=CCOc1ccc(C2C(C(=O)OCC)=C(C)N=c3sc(=Cc4cc(Br)c(OC(C)=O)c(OCC)c4)c(=O)n32)cc1. The summed E-state index contributed by atoms with van der Waals surface area (Å²) in [4.78, 5) is 43.7. The molecular formula is C30H29BrN2O7S. The highest BCUT2D eigenvalue weighted by Gasteiger charge is 2.33. The van der Waals surface area contributed by atoms with E-state index < -0.39 is 18.0 Å². The van der Waals surface area contributed by atoms with Gasteiger partial charge in [-0.1, -0.05) is 36.1 Å². The van der Waals surface area contributed by atoms with Crippen molar-refractivity contribution < 1.29 is 28.5 Å². The van der Waals surface area contributed by atoms with Gasteiger partial charge in [-0.2, -0.15) is 0 Å². The van der Waals surface area contributed by atoms with Crippen LogP contribution in [0.4, 0.5) is 0 Å². The Bertz CT molecular complexity index is 1700. The highest BCUT2D eigenvalue weighted by molar-refractivity contribution is 9.10. The van der Waals surface area contributed by atoms with E-state index in [9.17, 15) is 14.4 Å². The van der Waals surface area contributed by atoms with E-state index in [0.29, 0.717) is 55.3 Å². The molecule has 0 N–H and O–H groups in total. The number of benzene rings is 2. The van der Waals surface area contributed by atoms with Crippen LogP contribution < -0.4 is 29.1 Å². The van der Waals surface area contributed by atoms with Crippen LogP contribution in [0, 0.1) is 0 Å². The summed E-state index contributed by atoms with van der Waals surface area (Å²) in [6.07, 6.45) is 3.36. The molecule has 0 bridgehead atoms. The standard InChI is InChI=1S/C30H29BrN2O7S/c1-6-13-39-21-11-9-20(10-12-21)26-25(29(36)38-8-3)17(4)32-30-33(26)28(35)24(41-30)16-19-14-22(31)27(40-18(5)34)23(15-19)37-7-2/h6,9-12,14-16,26H,1,7-8,13H2,2-5H3. The van der Waals surface area contributed by atoms with Crippen LogP contribution in [-0.2, 0) is 14.3 Å². The Hall–Kier alpha value is -3.96. The summed E-state index contributed by atoms with van der Waals surface area (Å²) < 4.78 is 24.4. The van der Waals surface area contributed by atoms with Gasteiger partial charge in [0.25, 0.3) is 5.56 Å². The predicted molar refractivity (Wildman–Crippen MR) is 159 cm³/mol. The fraction of sp³-hybridized carbons (Fsp3) is 0.267. The summed E-state index contributed by atoms with van der Waals surface area (Å²) in [5.41, 5.74) is 1.78. The lowest BCUT2D eigenvalue weighted by Gasteiger charge is -2.24. The zero-order chi connectivity index (χ0) is 29.7. The van der Waals surface area contributed by atoms with Gasteiger partial charge in [-0.3, -0.25) is 14.2 Å². The van der Waals surface area contributed by atoms with E-state index in [-0.39, 0.29) is 23.5 Å². The fourth-order valence-corrected chi connectivity index (χ4v) is 5.92. The average Bonchev–Trinajstić information content (AvgIpc) is 3.23. The van der Waals surface area contributed by atoms with Gasteiger partial charge >= 0.3 is 11.9 Å². The zero-order valence-corrected chi connectivity index (χ0v) is 25.5. The first kappa shape index (κ1) is 30.0. The average molecular weight is 642 g/mol. The molecular weight excluding hydrogens is 612 g/mol. The van der Waals surface area contributed by atoms with Gasteiger partial charge in [-0.25, -0.2) is 9.79 Å². The van der Waals surface area contributed by atoms with Gasteiger partial charge < -0.3 is 18.9 Å². The van der Waals surface area contributed by atoms with Crippen LogP contribution in [0.1, 0.15) is 44.9 Å². The Morgan fingerprint density at radius 1 is 1.15 bits per heavy atom. The maximum atomic E-state index is 13.9. The number of fused-ring (bicyclic) bond motifs is 1. The molecule has 214 valence electrons. The smallest absolute Gasteiger partial charge is 0.338 e. The number of carbonyl (C=O) groups is 2. The van der Waals surface area contributed by atoms with Crippen molar-refractivity contribution in [2.75, 3.05) is 19.8 Å². The normalized spacial score (nSPS) is 14.7. The maximum absolute atomic E-state index is 13.9. The van der Waals surface area contributed by atoms with Crippen molar-refractivity contribution in [1.82, 2.24) is 4.57 Å². The highest BCUT2D eigenvalue weighted by Crippen LogP contribution is 2.37. The first-order chi connectivity index (χ1) is 19.7. The van der Waals surface area contributed by atoms with Crippen LogP contribution >= 0.6 is 27.3 Å². The number of ether oxygens (including phenoxy) is 4. The molecule has 1 aliphatic heterocycles. The lowest BCUT2D eigenvalue weighted by Crippen LogP contribution is -2.39. The van der Waals surface area contributed by atoms with Crippen LogP contribution in [0.2, 0.25) is 0 Å². The number of aromatic nitrogens is 1. The molecule has 9 nitrogen and oxygen atoms in total. The lowest BCUT2D eigenvalue weighted by atomic mass is 9.96. The summed E-state index contributed by atoms with van der Waals surface area (Å²) >= 11 is 4.65. The third kappa shape index (κ3) is 6.52. The number of thiazole rings is 1. The lowest BCUT2D eigenvalue weighted by molar-refractivity contribution is -0.139. The van der Waals surface area contributed by atoms with Crippen molar-refractivity contribution in [1.29, 1.82) is 0 Å². The Kier molecular flexibility index (Phi) is 9.61. The van der Waals surface area contributed by atoms with Crippen LogP contribution in [0.15, 0.2) is 74.6 Å². The van der Waals surface area contributed by atoms with Crippen LogP contribution in [-0.4, -0.2) is 36.3 Å². The number of allylic oxidation sites excluding steroid dienone is 1. The molecule has 0 spiro atoms. The van der Waals surface area contributed by atoms with Gasteiger partial charge in [0.2, 0.25) is 0 Å². The van der Waals surface area contributed by atoms with Crippen molar-refractivity contribution in [3.8, 4) is 17.2 Å². The minimum atomic E-state index is -0.752. The number of nitrogens with zero attached hydrogens (tertiary/aromatic N) is 2. The first-order valence-electron chi connectivity index (χ1n) is 12.9. The van der Waals surface area contributed by atoms with E-state index in [1.54, 1.807) is 50.3 Å². The van der Waals surface area contributed by atoms with Crippen molar-refractivity contribution in [2.24, 2.45) is 4.99 Å². The molecule has 0 saturated carbocycles. The minimum absolute atomic E-state index is 0.182. The van der Waals surface area contributed by atoms with Crippen molar-refractivity contribution in [3.63, 3.8) is 0 Å². The number of hydrogen-bond donors (Lipinski definition) is 0. The quantitative estimate of drug-likeness (QED) is 0.183. The van der Waals surface area contributed by atoms with Gasteiger partial charge in [-0.05, 0) is 78.2 Å². The van der Waals surface area contributed by atoms with E-state index in [1.807, 2.05) is 19.1 Å². The second-order valence-electron chi connectivity index (χ2n) is 8.83. The number of esters is 2. The third-order valence-electron chi connectivity index (χ3n) is 5.96. The van der Waals surface area contributed by atoms with E-state index in [2.05, 4.69) is 27.5 Å². The number of carbonyl (C=O) groups excluding carboxylic acids is 2. The molecule has 11 heteroatoms. The largest absolute Gasteiger partial charge is 0.490 e. The summed E-state index contributed by atoms with van der Waals surface area (Å²) in [5, 5.41) is 0. The molecule has 0 radical (unpaired) electrons. The van der Waals surface area contributed by atoms with E-state index in [1.165, 1.54) is 22.8 Å². The maximum Gasteiger partial charge on any atom is 0.338 e. The minimum Gasteiger partial charge on any atom is -0.490 e. The number of rotatable bonds is 10. The third-order valence-corrected chi connectivity index (χ3v) is 7.53. The number of halogens is 1. The van der Waals surface area contributed by atoms with E-state index in [0.717, 1.165) is 0 Å². The van der Waals surface area contributed by atoms with Crippen LogP contribution in [0.3, 0.4) is 0 Å². The molecule has 0 fully saturated rings. The highest BCUT2D eigenvalue weighted by atomic mass is 79.9. The van der Waals surface area contributed by atoms with Crippen LogP contribution in [0.5, 0.6) is 17.2 Å². The molecule has 0 saturated heterocycles. The molecule has 41 heavy (non-hydrogen) atoms. The monoisotopic (exact) mass is 640 g/mol. The summed E-state index contributed by atoms with van der Waals surface area (Å²) in [6.45, 7) is 11.1. The molecule has 1 unspecified atom stereocenters. The van der Waals surface area contributed by atoms with Gasteiger partial charge in [0.1, 0.15) is 12.4 Å². The molecule has 1 atom stereocenters. The van der Waals surface area contributed by atoms with Gasteiger partial charge in [0.05, 0.1) is 39.5 Å².